The van der Waals surface area contributed by atoms with Gasteiger partial charge in [-0.15, -0.1) is 0 Å². The van der Waals surface area contributed by atoms with Crippen molar-refractivity contribution >= 4 is 12.1 Å². The minimum atomic E-state index is -0.473. The summed E-state index contributed by atoms with van der Waals surface area (Å²) in [6.07, 6.45) is 3.24. The van der Waals surface area contributed by atoms with E-state index in [0.29, 0.717) is 32.3 Å². The molecule has 25 heavy (non-hydrogen) atoms. The van der Waals surface area contributed by atoms with Crippen LogP contribution < -0.4 is 0 Å². The van der Waals surface area contributed by atoms with Crippen LogP contribution in [0.15, 0.2) is 0 Å². The Kier molecular flexibility index (Phi) is 9.21. The van der Waals surface area contributed by atoms with Crippen LogP contribution in [0.2, 0.25) is 0 Å². The fourth-order valence-corrected chi connectivity index (χ4v) is 2.98. The second kappa shape index (κ2) is 10.6. The van der Waals surface area contributed by atoms with Crippen LogP contribution >= 0.6 is 0 Å². The number of esters is 1. The van der Waals surface area contributed by atoms with Gasteiger partial charge in [-0.1, -0.05) is 0 Å². The van der Waals surface area contributed by atoms with Gasteiger partial charge in [0, 0.05) is 32.6 Å². The molecule has 1 aliphatic rings. The number of carbonyl (C=O) groups excluding carboxylic acids is 2. The Bertz CT molecular complexity index is 414. The zero-order chi connectivity index (χ0) is 18.9. The van der Waals surface area contributed by atoms with E-state index in [1.165, 1.54) is 6.92 Å². The molecule has 0 aliphatic carbocycles. The second-order valence-electron chi connectivity index (χ2n) is 7.51. The van der Waals surface area contributed by atoms with Gasteiger partial charge in [0.1, 0.15) is 5.60 Å². The molecule has 0 unspecified atom stereocenters. The molecular formula is C18H34N2O5. The van der Waals surface area contributed by atoms with Crippen LogP contribution in [0, 0.1) is 0 Å². The number of aliphatic hydroxyl groups excluding tert-OH is 1. The van der Waals surface area contributed by atoms with E-state index < -0.39 is 5.60 Å². The normalized spacial score (nSPS) is 16.2. The molecule has 7 heteroatoms. The predicted octanol–water partition coefficient (Wildman–Crippen LogP) is 2.02. The van der Waals surface area contributed by atoms with Crippen LogP contribution in [0.5, 0.6) is 0 Å². The summed E-state index contributed by atoms with van der Waals surface area (Å²) in [6.45, 7) is 10.4. The SMILES string of the molecule is CC(=O)OCCCCN(CCO)C1CCN(C(=O)OC(C)(C)C)CC1. The summed E-state index contributed by atoms with van der Waals surface area (Å²) in [6, 6.07) is 0.361. The fraction of sp³-hybridized carbons (Fsp3) is 0.889. The van der Waals surface area contributed by atoms with Gasteiger partial charge in [0.15, 0.2) is 0 Å². The number of likely N-dealkylation sites (tertiary alicyclic amines) is 1. The number of piperidine rings is 1. The highest BCUT2D eigenvalue weighted by atomic mass is 16.6. The summed E-state index contributed by atoms with van der Waals surface area (Å²) in [5.74, 6) is -0.248. The largest absolute Gasteiger partial charge is 0.466 e. The maximum atomic E-state index is 12.1. The fourth-order valence-electron chi connectivity index (χ4n) is 2.98. The van der Waals surface area contributed by atoms with Crippen molar-refractivity contribution in [2.24, 2.45) is 0 Å². The van der Waals surface area contributed by atoms with Crippen molar-refractivity contribution in [2.45, 2.75) is 65.0 Å². The summed E-state index contributed by atoms with van der Waals surface area (Å²) >= 11 is 0. The van der Waals surface area contributed by atoms with Gasteiger partial charge < -0.3 is 19.5 Å². The predicted molar refractivity (Wildman–Crippen MR) is 95.4 cm³/mol. The lowest BCUT2D eigenvalue weighted by Gasteiger charge is -2.38. The maximum Gasteiger partial charge on any atom is 0.410 e. The minimum Gasteiger partial charge on any atom is -0.466 e. The molecule has 1 heterocycles. The number of unbranched alkanes of at least 4 members (excludes halogenated alkanes) is 1. The molecular weight excluding hydrogens is 324 g/mol. The summed E-state index contributed by atoms with van der Waals surface area (Å²) in [7, 11) is 0. The average molecular weight is 358 g/mol. The third kappa shape index (κ3) is 9.07. The summed E-state index contributed by atoms with van der Waals surface area (Å²) in [5.41, 5.74) is -0.473. The number of nitrogens with zero attached hydrogens (tertiary/aromatic N) is 2. The highest BCUT2D eigenvalue weighted by Gasteiger charge is 2.29. The molecule has 1 saturated heterocycles. The summed E-state index contributed by atoms with van der Waals surface area (Å²) in [4.78, 5) is 26.9. The molecule has 0 spiro atoms. The smallest absolute Gasteiger partial charge is 0.410 e. The number of ether oxygens (including phenoxy) is 2. The van der Waals surface area contributed by atoms with E-state index in [-0.39, 0.29) is 18.7 Å². The zero-order valence-corrected chi connectivity index (χ0v) is 16.1. The molecule has 1 aliphatic heterocycles. The molecule has 0 aromatic rings. The molecule has 0 aromatic heterocycles. The second-order valence-corrected chi connectivity index (χ2v) is 7.51. The quantitative estimate of drug-likeness (QED) is 0.528. The van der Waals surface area contributed by atoms with E-state index in [1.807, 2.05) is 20.8 Å². The number of hydrogen-bond donors (Lipinski definition) is 1. The van der Waals surface area contributed by atoms with Crippen molar-refractivity contribution in [2.75, 3.05) is 39.4 Å². The van der Waals surface area contributed by atoms with E-state index >= 15 is 0 Å². The first-order valence-corrected chi connectivity index (χ1v) is 9.19. The number of aliphatic hydroxyl groups is 1. The Balaban J connectivity index is 2.37. The number of carbonyl (C=O) groups is 2. The van der Waals surface area contributed by atoms with Gasteiger partial charge in [0.05, 0.1) is 13.2 Å². The van der Waals surface area contributed by atoms with Crippen LogP contribution in [0.1, 0.15) is 53.4 Å². The Hall–Kier alpha value is -1.34. The topological polar surface area (TPSA) is 79.3 Å². The lowest BCUT2D eigenvalue weighted by atomic mass is 10.0. The van der Waals surface area contributed by atoms with Crippen LogP contribution in [-0.2, 0) is 14.3 Å². The maximum absolute atomic E-state index is 12.1. The Labute approximate surface area is 151 Å². The summed E-state index contributed by atoms with van der Waals surface area (Å²) in [5, 5.41) is 9.32. The lowest BCUT2D eigenvalue weighted by molar-refractivity contribution is -0.141. The highest BCUT2D eigenvalue weighted by molar-refractivity contribution is 5.68. The summed E-state index contributed by atoms with van der Waals surface area (Å²) < 4.78 is 10.4. The monoisotopic (exact) mass is 358 g/mol. The van der Waals surface area contributed by atoms with Crippen molar-refractivity contribution in [1.82, 2.24) is 9.80 Å². The number of amides is 1. The van der Waals surface area contributed by atoms with Crippen molar-refractivity contribution in [3.05, 3.63) is 0 Å². The lowest BCUT2D eigenvalue weighted by Crippen LogP contribution is -2.48. The Morgan fingerprint density at radius 3 is 2.32 bits per heavy atom. The van der Waals surface area contributed by atoms with Crippen molar-refractivity contribution in [1.29, 1.82) is 0 Å². The van der Waals surface area contributed by atoms with Gasteiger partial charge in [0.25, 0.3) is 0 Å². The van der Waals surface area contributed by atoms with Gasteiger partial charge in [-0.25, -0.2) is 4.79 Å². The van der Waals surface area contributed by atoms with E-state index in [0.717, 1.165) is 32.2 Å². The van der Waals surface area contributed by atoms with Crippen molar-refractivity contribution in [3.63, 3.8) is 0 Å². The van der Waals surface area contributed by atoms with E-state index in [4.69, 9.17) is 9.47 Å². The molecule has 0 saturated carbocycles. The number of rotatable bonds is 8. The molecule has 1 fully saturated rings. The average Bonchev–Trinajstić information content (AvgIpc) is 2.52. The molecule has 0 atom stereocenters. The highest BCUT2D eigenvalue weighted by Crippen LogP contribution is 2.19. The molecule has 146 valence electrons. The third-order valence-corrected chi connectivity index (χ3v) is 4.16. The molecule has 0 aromatic carbocycles. The van der Waals surface area contributed by atoms with Crippen molar-refractivity contribution < 1.29 is 24.2 Å². The molecule has 1 N–H and O–H groups in total. The van der Waals surface area contributed by atoms with Crippen LogP contribution in [0.25, 0.3) is 0 Å². The Morgan fingerprint density at radius 1 is 1.16 bits per heavy atom. The zero-order valence-electron chi connectivity index (χ0n) is 16.1. The number of hydrogen-bond acceptors (Lipinski definition) is 6. The third-order valence-electron chi connectivity index (χ3n) is 4.16. The minimum absolute atomic E-state index is 0.121. The molecule has 1 rings (SSSR count). The van der Waals surface area contributed by atoms with Crippen LogP contribution in [-0.4, -0.2) is 78.0 Å². The molecule has 0 radical (unpaired) electrons. The van der Waals surface area contributed by atoms with Gasteiger partial charge in [-0.3, -0.25) is 9.69 Å². The molecule has 7 nitrogen and oxygen atoms in total. The van der Waals surface area contributed by atoms with E-state index in [9.17, 15) is 14.7 Å². The van der Waals surface area contributed by atoms with Gasteiger partial charge in [-0.05, 0) is 53.0 Å². The first-order chi connectivity index (χ1) is 11.7. The van der Waals surface area contributed by atoms with E-state index in [1.54, 1.807) is 4.90 Å². The van der Waals surface area contributed by atoms with Gasteiger partial charge >= 0.3 is 12.1 Å². The van der Waals surface area contributed by atoms with Crippen LogP contribution in [0.3, 0.4) is 0 Å². The van der Waals surface area contributed by atoms with E-state index in [2.05, 4.69) is 4.90 Å². The van der Waals surface area contributed by atoms with Crippen LogP contribution in [0.4, 0.5) is 4.79 Å². The first kappa shape index (κ1) is 21.7. The van der Waals surface area contributed by atoms with Gasteiger partial charge in [0.2, 0.25) is 0 Å². The standard InChI is InChI=1S/C18H34N2O5/c1-15(22)24-14-6-5-9-19(12-13-21)16-7-10-20(11-8-16)17(23)25-18(2,3)4/h16,21H,5-14H2,1-4H3. The first-order valence-electron chi connectivity index (χ1n) is 9.19. The van der Waals surface area contributed by atoms with Crippen molar-refractivity contribution in [3.8, 4) is 0 Å². The molecule has 0 bridgehead atoms. The van der Waals surface area contributed by atoms with Gasteiger partial charge in [-0.2, -0.15) is 0 Å². The molecule has 1 amide bonds. The Morgan fingerprint density at radius 2 is 1.80 bits per heavy atom.